The van der Waals surface area contributed by atoms with Crippen molar-refractivity contribution in [1.82, 2.24) is 0 Å². The number of rotatable bonds is 2. The maximum atomic E-state index is 11.3. The number of ketones is 1. The molecular formula is C14H17NO. The van der Waals surface area contributed by atoms with Crippen molar-refractivity contribution < 1.29 is 4.79 Å². The van der Waals surface area contributed by atoms with Gasteiger partial charge in [-0.2, -0.15) is 5.26 Å². The predicted molar refractivity (Wildman–Crippen MR) is 64.3 cm³/mol. The Morgan fingerprint density at radius 1 is 1.31 bits per heavy atom. The highest BCUT2D eigenvalue weighted by atomic mass is 16.1. The first-order valence-corrected chi connectivity index (χ1v) is 5.71. The van der Waals surface area contributed by atoms with Crippen LogP contribution in [0.15, 0.2) is 24.3 Å². The van der Waals surface area contributed by atoms with Crippen molar-refractivity contribution in [2.75, 3.05) is 0 Å². The SMILES string of the molecule is CC.CC(=O)c1ccccc1C1(C#N)CC1. The molecule has 1 aromatic rings. The highest BCUT2D eigenvalue weighted by Gasteiger charge is 2.46. The molecule has 0 bridgehead atoms. The van der Waals surface area contributed by atoms with Gasteiger partial charge in [0.1, 0.15) is 0 Å². The highest BCUT2D eigenvalue weighted by Crippen LogP contribution is 2.48. The Bertz CT molecular complexity index is 425. The Kier molecular flexibility index (Phi) is 3.84. The van der Waals surface area contributed by atoms with Crippen LogP contribution in [0.1, 0.15) is 49.5 Å². The van der Waals surface area contributed by atoms with Gasteiger partial charge in [-0.05, 0) is 25.3 Å². The van der Waals surface area contributed by atoms with Gasteiger partial charge in [0.15, 0.2) is 5.78 Å². The van der Waals surface area contributed by atoms with Gasteiger partial charge >= 0.3 is 0 Å². The van der Waals surface area contributed by atoms with Crippen molar-refractivity contribution in [2.45, 2.75) is 39.0 Å². The van der Waals surface area contributed by atoms with Gasteiger partial charge in [-0.3, -0.25) is 4.79 Å². The summed E-state index contributed by atoms with van der Waals surface area (Å²) in [5, 5.41) is 9.05. The van der Waals surface area contributed by atoms with E-state index in [-0.39, 0.29) is 11.2 Å². The van der Waals surface area contributed by atoms with E-state index >= 15 is 0 Å². The van der Waals surface area contributed by atoms with Crippen LogP contribution in [0.5, 0.6) is 0 Å². The fraction of sp³-hybridized carbons (Fsp3) is 0.429. The van der Waals surface area contributed by atoms with Crippen LogP contribution in [-0.4, -0.2) is 5.78 Å². The van der Waals surface area contributed by atoms with E-state index in [9.17, 15) is 4.79 Å². The Hall–Kier alpha value is -1.62. The summed E-state index contributed by atoms with van der Waals surface area (Å²) in [5.41, 5.74) is 1.25. The molecule has 2 heteroatoms. The lowest BCUT2D eigenvalue weighted by molar-refractivity contribution is 0.101. The smallest absolute Gasteiger partial charge is 0.160 e. The van der Waals surface area contributed by atoms with Crippen LogP contribution in [0.2, 0.25) is 0 Å². The molecule has 1 fully saturated rings. The topological polar surface area (TPSA) is 40.9 Å². The van der Waals surface area contributed by atoms with Gasteiger partial charge in [-0.25, -0.2) is 0 Å². The summed E-state index contributed by atoms with van der Waals surface area (Å²) >= 11 is 0. The van der Waals surface area contributed by atoms with Crippen LogP contribution in [0.4, 0.5) is 0 Å². The zero-order valence-corrected chi connectivity index (χ0v) is 10.1. The molecule has 1 aliphatic rings. The van der Waals surface area contributed by atoms with Crippen molar-refractivity contribution in [3.05, 3.63) is 35.4 Å². The lowest BCUT2D eigenvalue weighted by Gasteiger charge is -2.10. The van der Waals surface area contributed by atoms with E-state index in [4.69, 9.17) is 5.26 Å². The van der Waals surface area contributed by atoms with Crippen molar-refractivity contribution in [3.8, 4) is 6.07 Å². The van der Waals surface area contributed by atoms with E-state index in [2.05, 4.69) is 6.07 Å². The van der Waals surface area contributed by atoms with Gasteiger partial charge in [-0.1, -0.05) is 38.1 Å². The Morgan fingerprint density at radius 2 is 1.88 bits per heavy atom. The molecule has 1 aromatic carbocycles. The van der Waals surface area contributed by atoms with Gasteiger partial charge in [0.05, 0.1) is 11.5 Å². The van der Waals surface area contributed by atoms with Crippen LogP contribution in [0.3, 0.4) is 0 Å². The number of hydrogen-bond donors (Lipinski definition) is 0. The fourth-order valence-electron chi connectivity index (χ4n) is 1.77. The van der Waals surface area contributed by atoms with Gasteiger partial charge in [0, 0.05) is 5.56 Å². The van der Waals surface area contributed by atoms with Crippen LogP contribution < -0.4 is 0 Å². The number of carbonyl (C=O) groups is 1. The molecule has 2 rings (SSSR count). The summed E-state index contributed by atoms with van der Waals surface area (Å²) in [6.45, 7) is 5.55. The zero-order chi connectivity index (χ0) is 12.2. The third-order valence-corrected chi connectivity index (χ3v) is 2.79. The first kappa shape index (κ1) is 12.4. The molecule has 0 spiro atoms. The predicted octanol–water partition coefficient (Wildman–Crippen LogP) is 3.47. The van der Waals surface area contributed by atoms with Gasteiger partial charge in [0.2, 0.25) is 0 Å². The van der Waals surface area contributed by atoms with E-state index in [1.165, 1.54) is 0 Å². The van der Waals surface area contributed by atoms with E-state index in [1.54, 1.807) is 13.0 Å². The molecule has 16 heavy (non-hydrogen) atoms. The molecular weight excluding hydrogens is 198 g/mol. The molecule has 0 aromatic heterocycles. The second-order valence-corrected chi connectivity index (χ2v) is 3.80. The van der Waals surface area contributed by atoms with Crippen molar-refractivity contribution in [2.24, 2.45) is 0 Å². The van der Waals surface area contributed by atoms with Crippen LogP contribution >= 0.6 is 0 Å². The number of Topliss-reactive ketones (excluding diaryl/α,β-unsaturated/α-hetero) is 1. The zero-order valence-electron chi connectivity index (χ0n) is 10.1. The summed E-state index contributed by atoms with van der Waals surface area (Å²) in [4.78, 5) is 11.3. The Labute approximate surface area is 96.9 Å². The summed E-state index contributed by atoms with van der Waals surface area (Å²) < 4.78 is 0. The summed E-state index contributed by atoms with van der Waals surface area (Å²) in [6.07, 6.45) is 1.77. The highest BCUT2D eigenvalue weighted by molar-refractivity contribution is 5.96. The minimum Gasteiger partial charge on any atom is -0.295 e. The third kappa shape index (κ3) is 2.14. The summed E-state index contributed by atoms with van der Waals surface area (Å²) in [6, 6.07) is 9.74. The summed E-state index contributed by atoms with van der Waals surface area (Å²) in [7, 11) is 0. The molecule has 84 valence electrons. The van der Waals surface area contributed by atoms with Crippen molar-refractivity contribution >= 4 is 5.78 Å². The van der Waals surface area contributed by atoms with E-state index in [0.717, 1.165) is 18.4 Å². The maximum Gasteiger partial charge on any atom is 0.160 e. The number of hydrogen-bond acceptors (Lipinski definition) is 2. The third-order valence-electron chi connectivity index (χ3n) is 2.79. The first-order chi connectivity index (χ1) is 7.69. The molecule has 1 aliphatic carbocycles. The average Bonchev–Trinajstić information content (AvgIpc) is 3.12. The minimum absolute atomic E-state index is 0.0436. The lowest BCUT2D eigenvalue weighted by Crippen LogP contribution is -2.09. The Balaban J connectivity index is 0.000000606. The molecule has 2 nitrogen and oxygen atoms in total. The molecule has 0 saturated heterocycles. The molecule has 0 unspecified atom stereocenters. The maximum absolute atomic E-state index is 11.3. The molecule has 0 amide bonds. The first-order valence-electron chi connectivity index (χ1n) is 5.71. The minimum atomic E-state index is -0.359. The molecule has 0 atom stereocenters. The second-order valence-electron chi connectivity index (χ2n) is 3.80. The second kappa shape index (κ2) is 4.94. The van der Waals surface area contributed by atoms with Crippen LogP contribution in [0.25, 0.3) is 0 Å². The van der Waals surface area contributed by atoms with Crippen molar-refractivity contribution in [1.29, 1.82) is 5.26 Å². The largest absolute Gasteiger partial charge is 0.295 e. The standard InChI is InChI=1S/C12H11NO.C2H6/c1-9(14)10-4-2-3-5-11(10)12(8-13)6-7-12;1-2/h2-5H,6-7H2,1H3;1-2H3. The number of benzene rings is 1. The number of carbonyl (C=O) groups excluding carboxylic acids is 1. The Morgan fingerprint density at radius 3 is 2.31 bits per heavy atom. The molecule has 1 saturated carbocycles. The van der Waals surface area contributed by atoms with Gasteiger partial charge in [-0.15, -0.1) is 0 Å². The fourth-order valence-corrected chi connectivity index (χ4v) is 1.77. The van der Waals surface area contributed by atoms with Crippen LogP contribution in [0, 0.1) is 11.3 Å². The monoisotopic (exact) mass is 215 g/mol. The van der Waals surface area contributed by atoms with Gasteiger partial charge < -0.3 is 0 Å². The summed E-state index contributed by atoms with van der Waals surface area (Å²) in [5.74, 6) is 0.0436. The molecule has 0 heterocycles. The van der Waals surface area contributed by atoms with Crippen LogP contribution in [-0.2, 0) is 5.41 Å². The van der Waals surface area contributed by atoms with E-state index < -0.39 is 0 Å². The van der Waals surface area contributed by atoms with Gasteiger partial charge in [0.25, 0.3) is 0 Å². The average molecular weight is 215 g/mol. The van der Waals surface area contributed by atoms with Crippen molar-refractivity contribution in [3.63, 3.8) is 0 Å². The lowest BCUT2D eigenvalue weighted by atomic mass is 9.91. The number of nitrogens with zero attached hydrogens (tertiary/aromatic N) is 1. The molecule has 0 aliphatic heterocycles. The quantitative estimate of drug-likeness (QED) is 0.709. The van der Waals surface area contributed by atoms with E-state index in [1.807, 2.05) is 32.0 Å². The molecule has 0 radical (unpaired) electrons. The van der Waals surface area contributed by atoms with E-state index in [0.29, 0.717) is 5.56 Å². The number of nitriles is 1. The molecule has 0 N–H and O–H groups in total. The normalized spacial score (nSPS) is 15.4.